The number of hydrogen-bond acceptors (Lipinski definition) is 2. The van der Waals surface area contributed by atoms with Crippen LogP contribution in [0.4, 0.5) is 0 Å². The highest BCUT2D eigenvalue weighted by Crippen LogP contribution is 2.21. The highest BCUT2D eigenvalue weighted by Gasteiger charge is 2.19. The molecule has 0 heterocycles. The summed E-state index contributed by atoms with van der Waals surface area (Å²) in [6.45, 7) is 2.13. The number of hydrogen-bond donors (Lipinski definition) is 0. The average molecular weight is 264 g/mol. The predicted molar refractivity (Wildman–Crippen MR) is 73.6 cm³/mol. The molecular weight excluding hydrogens is 246 g/mol. The zero-order valence-corrected chi connectivity index (χ0v) is 11.4. The van der Waals surface area contributed by atoms with E-state index in [0.29, 0.717) is 11.4 Å². The van der Waals surface area contributed by atoms with Gasteiger partial charge in [0.15, 0.2) is 5.78 Å². The van der Waals surface area contributed by atoms with Crippen LogP contribution in [0.25, 0.3) is 0 Å². The van der Waals surface area contributed by atoms with Gasteiger partial charge in [0.25, 0.3) is 0 Å². The van der Waals surface area contributed by atoms with Crippen LogP contribution in [0.3, 0.4) is 0 Å². The van der Waals surface area contributed by atoms with Crippen LogP contribution >= 0.6 is 11.6 Å². The Labute approximate surface area is 114 Å². The van der Waals surface area contributed by atoms with Crippen LogP contribution in [-0.4, -0.2) is 5.78 Å². The molecule has 96 valence electrons. The van der Waals surface area contributed by atoms with Crippen molar-refractivity contribution >= 4 is 17.4 Å². The lowest BCUT2D eigenvalue weighted by atomic mass is 9.93. The van der Waals surface area contributed by atoms with Gasteiger partial charge in [-0.1, -0.05) is 49.9 Å². The number of carbonyl (C=O) groups excluding carboxylic acids is 1. The van der Waals surface area contributed by atoms with Crippen LogP contribution in [0.2, 0.25) is 5.02 Å². The predicted octanol–water partition coefficient (Wildman–Crippen LogP) is 4.49. The second-order valence-electron chi connectivity index (χ2n) is 4.39. The standard InChI is InChI=1S/C15H18ClNO/c1-2-3-4-5-6-15(18)14(11-17)12-7-9-13(16)10-8-12/h7-10,14H,2-6H2,1H3. The first-order chi connectivity index (χ1) is 8.69. The summed E-state index contributed by atoms with van der Waals surface area (Å²) in [7, 11) is 0. The van der Waals surface area contributed by atoms with Gasteiger partial charge in [0.1, 0.15) is 5.92 Å². The minimum Gasteiger partial charge on any atom is -0.298 e. The van der Waals surface area contributed by atoms with Crippen LogP contribution in [0.5, 0.6) is 0 Å². The normalized spacial score (nSPS) is 11.8. The molecule has 18 heavy (non-hydrogen) atoms. The van der Waals surface area contributed by atoms with E-state index in [1.54, 1.807) is 24.3 Å². The number of nitriles is 1. The van der Waals surface area contributed by atoms with E-state index in [2.05, 4.69) is 13.0 Å². The Morgan fingerprint density at radius 2 is 1.94 bits per heavy atom. The van der Waals surface area contributed by atoms with E-state index >= 15 is 0 Å². The zero-order chi connectivity index (χ0) is 13.4. The van der Waals surface area contributed by atoms with Crippen molar-refractivity contribution in [2.24, 2.45) is 0 Å². The van der Waals surface area contributed by atoms with Crippen molar-refractivity contribution in [3.05, 3.63) is 34.9 Å². The fourth-order valence-electron chi connectivity index (χ4n) is 1.86. The molecule has 0 aliphatic rings. The summed E-state index contributed by atoms with van der Waals surface area (Å²) < 4.78 is 0. The number of ketones is 1. The molecule has 3 heteroatoms. The minimum atomic E-state index is -0.649. The highest BCUT2D eigenvalue weighted by molar-refractivity contribution is 6.30. The summed E-state index contributed by atoms with van der Waals surface area (Å²) in [6.07, 6.45) is 4.71. The van der Waals surface area contributed by atoms with Gasteiger partial charge in [-0.2, -0.15) is 5.26 Å². The van der Waals surface area contributed by atoms with Crippen LogP contribution in [-0.2, 0) is 4.79 Å². The molecule has 0 aliphatic heterocycles. The van der Waals surface area contributed by atoms with E-state index in [-0.39, 0.29) is 5.78 Å². The molecule has 2 nitrogen and oxygen atoms in total. The number of carbonyl (C=O) groups is 1. The van der Waals surface area contributed by atoms with Gasteiger partial charge < -0.3 is 0 Å². The summed E-state index contributed by atoms with van der Waals surface area (Å²) in [4.78, 5) is 12.0. The zero-order valence-electron chi connectivity index (χ0n) is 10.7. The SMILES string of the molecule is CCCCCCC(=O)C(C#N)c1ccc(Cl)cc1. The molecule has 0 aromatic heterocycles. The topological polar surface area (TPSA) is 40.9 Å². The van der Waals surface area contributed by atoms with Gasteiger partial charge in [-0.15, -0.1) is 0 Å². The molecule has 0 spiro atoms. The lowest BCUT2D eigenvalue weighted by Crippen LogP contribution is -2.10. The molecule has 1 aromatic rings. The summed E-state index contributed by atoms with van der Waals surface area (Å²) in [5.41, 5.74) is 0.738. The van der Waals surface area contributed by atoms with Crippen molar-refractivity contribution in [3.63, 3.8) is 0 Å². The van der Waals surface area contributed by atoms with Crippen LogP contribution in [0.1, 0.15) is 50.5 Å². The van der Waals surface area contributed by atoms with E-state index < -0.39 is 5.92 Å². The molecule has 1 aromatic carbocycles. The molecule has 0 fully saturated rings. The summed E-state index contributed by atoms with van der Waals surface area (Å²) in [6, 6.07) is 9.01. The van der Waals surface area contributed by atoms with E-state index in [0.717, 1.165) is 31.2 Å². The maximum Gasteiger partial charge on any atom is 0.154 e. The molecule has 0 amide bonds. The Morgan fingerprint density at radius 3 is 2.50 bits per heavy atom. The molecule has 0 saturated heterocycles. The monoisotopic (exact) mass is 263 g/mol. The Kier molecular flexibility index (Phi) is 6.46. The second-order valence-corrected chi connectivity index (χ2v) is 4.83. The van der Waals surface area contributed by atoms with Gasteiger partial charge in [0.05, 0.1) is 6.07 Å². The Balaban J connectivity index is 2.58. The summed E-state index contributed by atoms with van der Waals surface area (Å²) >= 11 is 5.79. The summed E-state index contributed by atoms with van der Waals surface area (Å²) in [5.74, 6) is -0.639. The lowest BCUT2D eigenvalue weighted by molar-refractivity contribution is -0.119. The number of rotatable bonds is 7. The van der Waals surface area contributed by atoms with Gasteiger partial charge in [-0.3, -0.25) is 4.79 Å². The molecule has 0 saturated carbocycles. The number of nitrogens with zero attached hydrogens (tertiary/aromatic N) is 1. The quantitative estimate of drug-likeness (QED) is 0.680. The van der Waals surface area contributed by atoms with E-state index in [9.17, 15) is 4.79 Å². The largest absolute Gasteiger partial charge is 0.298 e. The third kappa shape index (κ3) is 4.50. The molecule has 0 N–H and O–H groups in total. The van der Waals surface area contributed by atoms with Gasteiger partial charge in [0.2, 0.25) is 0 Å². The lowest BCUT2D eigenvalue weighted by Gasteiger charge is -2.08. The maximum absolute atomic E-state index is 12.0. The fourth-order valence-corrected chi connectivity index (χ4v) is 1.98. The molecule has 1 rings (SSSR count). The third-order valence-corrected chi connectivity index (χ3v) is 3.18. The van der Waals surface area contributed by atoms with Gasteiger partial charge >= 0.3 is 0 Å². The van der Waals surface area contributed by atoms with Gasteiger partial charge in [-0.25, -0.2) is 0 Å². The average Bonchev–Trinajstić information content (AvgIpc) is 2.38. The first-order valence-electron chi connectivity index (χ1n) is 6.36. The fraction of sp³-hybridized carbons (Fsp3) is 0.467. The molecule has 1 atom stereocenters. The van der Waals surface area contributed by atoms with Crippen molar-refractivity contribution in [3.8, 4) is 6.07 Å². The van der Waals surface area contributed by atoms with Crippen molar-refractivity contribution in [1.82, 2.24) is 0 Å². The summed E-state index contributed by atoms with van der Waals surface area (Å²) in [5, 5.41) is 9.73. The van der Waals surface area contributed by atoms with Gasteiger partial charge in [0, 0.05) is 11.4 Å². The second kappa shape index (κ2) is 7.89. The first kappa shape index (κ1) is 14.7. The molecule has 0 bridgehead atoms. The Hall–Kier alpha value is -1.33. The molecular formula is C15H18ClNO. The van der Waals surface area contributed by atoms with Gasteiger partial charge in [-0.05, 0) is 24.1 Å². The number of unbranched alkanes of at least 4 members (excludes halogenated alkanes) is 3. The minimum absolute atomic E-state index is 0.0101. The van der Waals surface area contributed by atoms with Crippen molar-refractivity contribution < 1.29 is 4.79 Å². The van der Waals surface area contributed by atoms with Crippen LogP contribution in [0, 0.1) is 11.3 Å². The van der Waals surface area contributed by atoms with Crippen molar-refractivity contribution in [1.29, 1.82) is 5.26 Å². The van der Waals surface area contributed by atoms with Crippen LogP contribution in [0.15, 0.2) is 24.3 Å². The highest BCUT2D eigenvalue weighted by atomic mass is 35.5. The van der Waals surface area contributed by atoms with E-state index in [1.807, 2.05) is 0 Å². The number of benzene rings is 1. The van der Waals surface area contributed by atoms with E-state index in [4.69, 9.17) is 16.9 Å². The Bertz CT molecular complexity index is 419. The van der Waals surface area contributed by atoms with Crippen molar-refractivity contribution in [2.45, 2.75) is 44.9 Å². The Morgan fingerprint density at radius 1 is 1.28 bits per heavy atom. The van der Waals surface area contributed by atoms with Crippen molar-refractivity contribution in [2.75, 3.05) is 0 Å². The molecule has 0 aliphatic carbocycles. The third-order valence-electron chi connectivity index (χ3n) is 2.93. The van der Waals surface area contributed by atoms with Crippen LogP contribution < -0.4 is 0 Å². The maximum atomic E-state index is 12.0. The van der Waals surface area contributed by atoms with E-state index in [1.165, 1.54) is 0 Å². The molecule has 0 radical (unpaired) electrons. The smallest absolute Gasteiger partial charge is 0.154 e. The first-order valence-corrected chi connectivity index (χ1v) is 6.74. The number of Topliss-reactive ketones (excluding diaryl/α,β-unsaturated/α-hetero) is 1. The number of halogens is 1. The molecule has 1 unspecified atom stereocenters.